The van der Waals surface area contributed by atoms with E-state index in [-0.39, 0.29) is 12.1 Å². The van der Waals surface area contributed by atoms with E-state index in [1.54, 1.807) is 7.11 Å². The average molecular weight is 281 g/mol. The van der Waals surface area contributed by atoms with E-state index < -0.39 is 0 Å². The summed E-state index contributed by atoms with van der Waals surface area (Å²) in [7, 11) is 1.67. The summed E-state index contributed by atoms with van der Waals surface area (Å²) in [6.07, 6.45) is 1.88. The molecule has 1 heterocycles. The first-order valence-corrected chi connectivity index (χ1v) is 7.02. The molecule has 4 heteroatoms. The molecule has 0 amide bonds. The van der Waals surface area contributed by atoms with Crippen molar-refractivity contribution in [1.29, 1.82) is 0 Å². The van der Waals surface area contributed by atoms with E-state index in [2.05, 4.69) is 23.3 Å². The van der Waals surface area contributed by atoms with Crippen LogP contribution in [-0.2, 0) is 0 Å². The van der Waals surface area contributed by atoms with Gasteiger partial charge in [0.05, 0.1) is 24.9 Å². The Bertz CT molecular complexity index is 748. The van der Waals surface area contributed by atoms with Gasteiger partial charge in [0.25, 0.3) is 0 Å². The van der Waals surface area contributed by atoms with Gasteiger partial charge in [0.2, 0.25) is 0 Å². The fourth-order valence-corrected chi connectivity index (χ4v) is 2.71. The molecule has 0 aliphatic carbocycles. The Morgan fingerprint density at radius 1 is 1.14 bits per heavy atom. The van der Waals surface area contributed by atoms with E-state index in [1.807, 2.05) is 48.1 Å². The van der Waals surface area contributed by atoms with Gasteiger partial charge >= 0.3 is 0 Å². The van der Waals surface area contributed by atoms with Crippen LogP contribution in [0.1, 0.15) is 18.5 Å². The molecule has 1 aromatic heterocycles. The first-order valence-electron chi connectivity index (χ1n) is 7.02. The van der Waals surface area contributed by atoms with E-state index in [9.17, 15) is 0 Å². The van der Waals surface area contributed by atoms with Crippen LogP contribution < -0.4 is 10.5 Å². The predicted molar refractivity (Wildman–Crippen MR) is 84.5 cm³/mol. The monoisotopic (exact) mass is 281 g/mol. The maximum atomic E-state index is 6.24. The summed E-state index contributed by atoms with van der Waals surface area (Å²) in [6, 6.07) is 16.1. The SMILES string of the molecule is COc1cccc(C(C(C)N)n2ncc3ccccc32)c1. The van der Waals surface area contributed by atoms with Crippen molar-refractivity contribution in [3.8, 4) is 5.75 Å². The van der Waals surface area contributed by atoms with Crippen LogP contribution in [0.2, 0.25) is 0 Å². The molecule has 0 aliphatic rings. The quantitative estimate of drug-likeness (QED) is 0.800. The molecule has 2 aromatic carbocycles. The van der Waals surface area contributed by atoms with Gasteiger partial charge in [0.1, 0.15) is 5.75 Å². The summed E-state index contributed by atoms with van der Waals surface area (Å²) >= 11 is 0. The molecule has 4 nitrogen and oxygen atoms in total. The van der Waals surface area contributed by atoms with Crippen LogP contribution in [0.5, 0.6) is 5.75 Å². The highest BCUT2D eigenvalue weighted by Crippen LogP contribution is 2.27. The second kappa shape index (κ2) is 5.58. The van der Waals surface area contributed by atoms with Crippen molar-refractivity contribution < 1.29 is 4.74 Å². The number of benzene rings is 2. The molecule has 0 radical (unpaired) electrons. The minimum atomic E-state index is -0.0691. The van der Waals surface area contributed by atoms with E-state index >= 15 is 0 Å². The van der Waals surface area contributed by atoms with Gasteiger partial charge in [-0.1, -0.05) is 30.3 Å². The smallest absolute Gasteiger partial charge is 0.119 e. The molecule has 3 aromatic rings. The molecule has 0 fully saturated rings. The molecule has 108 valence electrons. The van der Waals surface area contributed by atoms with Gasteiger partial charge in [-0.2, -0.15) is 5.10 Å². The van der Waals surface area contributed by atoms with Crippen molar-refractivity contribution in [2.75, 3.05) is 7.11 Å². The van der Waals surface area contributed by atoms with E-state index in [4.69, 9.17) is 10.5 Å². The summed E-state index contributed by atoms with van der Waals surface area (Å²) in [6.45, 7) is 2.00. The molecular weight excluding hydrogens is 262 g/mol. The zero-order chi connectivity index (χ0) is 14.8. The number of methoxy groups -OCH3 is 1. The van der Waals surface area contributed by atoms with Crippen LogP contribution in [-0.4, -0.2) is 22.9 Å². The maximum Gasteiger partial charge on any atom is 0.119 e. The maximum absolute atomic E-state index is 6.24. The Balaban J connectivity index is 2.13. The third-order valence-corrected chi connectivity index (χ3v) is 3.70. The number of hydrogen-bond acceptors (Lipinski definition) is 3. The van der Waals surface area contributed by atoms with Gasteiger partial charge in [-0.05, 0) is 30.7 Å². The van der Waals surface area contributed by atoms with Crippen molar-refractivity contribution in [3.63, 3.8) is 0 Å². The summed E-state index contributed by atoms with van der Waals surface area (Å²) in [5.41, 5.74) is 8.42. The summed E-state index contributed by atoms with van der Waals surface area (Å²) < 4.78 is 7.31. The zero-order valence-electron chi connectivity index (χ0n) is 12.2. The predicted octanol–water partition coefficient (Wildman–Crippen LogP) is 2.98. The van der Waals surface area contributed by atoms with Crippen molar-refractivity contribution >= 4 is 10.9 Å². The number of fused-ring (bicyclic) bond motifs is 1. The second-order valence-corrected chi connectivity index (χ2v) is 5.23. The van der Waals surface area contributed by atoms with E-state index in [1.165, 1.54) is 0 Å². The summed E-state index contributed by atoms with van der Waals surface area (Å²) in [5, 5.41) is 5.66. The van der Waals surface area contributed by atoms with Gasteiger partial charge < -0.3 is 10.5 Å². The number of para-hydroxylation sites is 1. The topological polar surface area (TPSA) is 53.1 Å². The zero-order valence-corrected chi connectivity index (χ0v) is 12.2. The lowest BCUT2D eigenvalue weighted by Gasteiger charge is -2.23. The van der Waals surface area contributed by atoms with Gasteiger partial charge in [-0.3, -0.25) is 4.68 Å². The first-order chi connectivity index (χ1) is 10.2. The van der Waals surface area contributed by atoms with Crippen LogP contribution in [0.3, 0.4) is 0 Å². The van der Waals surface area contributed by atoms with Gasteiger partial charge in [-0.25, -0.2) is 0 Å². The molecule has 0 bridgehead atoms. The highest BCUT2D eigenvalue weighted by atomic mass is 16.5. The Labute approximate surface area is 124 Å². The normalized spacial score (nSPS) is 14.0. The number of nitrogens with zero attached hydrogens (tertiary/aromatic N) is 2. The highest BCUT2D eigenvalue weighted by molar-refractivity contribution is 5.78. The number of rotatable bonds is 4. The van der Waals surface area contributed by atoms with Crippen LogP contribution >= 0.6 is 0 Å². The van der Waals surface area contributed by atoms with Crippen molar-refractivity contribution in [2.45, 2.75) is 19.0 Å². The third-order valence-electron chi connectivity index (χ3n) is 3.70. The summed E-state index contributed by atoms with van der Waals surface area (Å²) in [4.78, 5) is 0. The van der Waals surface area contributed by atoms with Crippen LogP contribution in [0.4, 0.5) is 0 Å². The highest BCUT2D eigenvalue weighted by Gasteiger charge is 2.21. The Hall–Kier alpha value is -2.33. The molecule has 2 unspecified atom stereocenters. The summed E-state index contributed by atoms with van der Waals surface area (Å²) in [5.74, 6) is 0.828. The molecule has 0 spiro atoms. The largest absolute Gasteiger partial charge is 0.497 e. The molecule has 2 N–H and O–H groups in total. The van der Waals surface area contributed by atoms with Gasteiger partial charge in [0, 0.05) is 11.4 Å². The first kappa shape index (κ1) is 13.6. The van der Waals surface area contributed by atoms with E-state index in [0.717, 1.165) is 22.2 Å². The van der Waals surface area contributed by atoms with Crippen molar-refractivity contribution in [3.05, 3.63) is 60.3 Å². The third kappa shape index (κ3) is 2.50. The fraction of sp³-hybridized carbons (Fsp3) is 0.235. The Kier molecular flexibility index (Phi) is 3.62. The van der Waals surface area contributed by atoms with Crippen molar-refractivity contribution in [2.24, 2.45) is 5.73 Å². The molecule has 2 atom stereocenters. The van der Waals surface area contributed by atoms with Gasteiger partial charge in [-0.15, -0.1) is 0 Å². The average Bonchev–Trinajstić information content (AvgIpc) is 2.91. The number of ether oxygens (including phenoxy) is 1. The molecule has 3 rings (SSSR count). The van der Waals surface area contributed by atoms with Crippen LogP contribution in [0, 0.1) is 0 Å². The Morgan fingerprint density at radius 3 is 2.71 bits per heavy atom. The number of aromatic nitrogens is 2. The fourth-order valence-electron chi connectivity index (χ4n) is 2.71. The van der Waals surface area contributed by atoms with E-state index in [0.29, 0.717) is 0 Å². The molecule has 0 aliphatic heterocycles. The lowest BCUT2D eigenvalue weighted by molar-refractivity contribution is 0.410. The lowest BCUT2D eigenvalue weighted by Crippen LogP contribution is -2.30. The van der Waals surface area contributed by atoms with Crippen LogP contribution in [0.25, 0.3) is 10.9 Å². The number of hydrogen-bond donors (Lipinski definition) is 1. The van der Waals surface area contributed by atoms with Crippen molar-refractivity contribution in [1.82, 2.24) is 9.78 Å². The van der Waals surface area contributed by atoms with Gasteiger partial charge in [0.15, 0.2) is 0 Å². The lowest BCUT2D eigenvalue weighted by atomic mass is 10.0. The minimum absolute atomic E-state index is 0.0278. The molecule has 0 saturated carbocycles. The standard InChI is InChI=1S/C17H19N3O/c1-12(18)17(13-7-5-8-15(10-13)21-2)20-16-9-4-3-6-14(16)11-19-20/h3-12,17H,18H2,1-2H3. The number of nitrogens with two attached hydrogens (primary N) is 1. The Morgan fingerprint density at radius 2 is 1.95 bits per heavy atom. The second-order valence-electron chi connectivity index (χ2n) is 5.23. The minimum Gasteiger partial charge on any atom is -0.497 e. The molecule has 0 saturated heterocycles. The van der Waals surface area contributed by atoms with Crippen LogP contribution in [0.15, 0.2) is 54.7 Å². The molecular formula is C17H19N3O. The molecule has 21 heavy (non-hydrogen) atoms.